The zero-order chi connectivity index (χ0) is 21.1. The van der Waals surface area contributed by atoms with Crippen molar-refractivity contribution in [1.82, 2.24) is 4.31 Å². The van der Waals surface area contributed by atoms with Gasteiger partial charge in [-0.25, -0.2) is 12.7 Å². The summed E-state index contributed by atoms with van der Waals surface area (Å²) in [4.78, 5) is 0.950. The molecule has 152 valence electrons. The van der Waals surface area contributed by atoms with E-state index >= 15 is 0 Å². The van der Waals surface area contributed by atoms with Crippen molar-refractivity contribution < 1.29 is 13.5 Å². The number of sulfonamides is 1. The first kappa shape index (κ1) is 22.5. The zero-order valence-electron chi connectivity index (χ0n) is 15.5. The quantitative estimate of drug-likeness (QED) is 0.408. The molecule has 0 atom stereocenters. The van der Waals surface area contributed by atoms with Gasteiger partial charge in [0.1, 0.15) is 4.90 Å². The summed E-state index contributed by atoms with van der Waals surface area (Å²) >= 11 is 9.54. The van der Waals surface area contributed by atoms with E-state index in [1.54, 1.807) is 0 Å². The lowest BCUT2D eigenvalue weighted by atomic mass is 10.1. The molecule has 0 aliphatic rings. The molecule has 0 heterocycles. The maximum Gasteiger partial charge on any atom is 0.247 e. The fourth-order valence-electron chi connectivity index (χ4n) is 2.68. The molecule has 28 heavy (non-hydrogen) atoms. The third kappa shape index (κ3) is 4.78. The van der Waals surface area contributed by atoms with Crippen LogP contribution in [0.5, 0.6) is 5.75 Å². The number of guanidine groups is 1. The lowest BCUT2D eigenvalue weighted by Crippen LogP contribution is -2.37. The van der Waals surface area contributed by atoms with Crippen LogP contribution in [-0.4, -0.2) is 44.4 Å². The van der Waals surface area contributed by atoms with E-state index in [1.807, 2.05) is 24.3 Å². The van der Waals surface area contributed by atoms with Gasteiger partial charge >= 0.3 is 0 Å². The normalized spacial score (nSPS) is 11.6. The number of nitrogens with zero attached hydrogens (tertiary/aromatic N) is 2. The molecule has 0 unspecified atom stereocenters. The highest BCUT2D eigenvalue weighted by Crippen LogP contribution is 2.39. The van der Waals surface area contributed by atoms with Crippen LogP contribution in [0.2, 0.25) is 5.02 Å². The van der Waals surface area contributed by atoms with E-state index in [1.165, 1.54) is 31.1 Å². The number of phenols is 1. The smallest absolute Gasteiger partial charge is 0.247 e. The first-order valence-electron chi connectivity index (χ1n) is 8.36. The zero-order valence-corrected chi connectivity index (χ0v) is 18.6. The maximum absolute atomic E-state index is 12.5. The van der Waals surface area contributed by atoms with Gasteiger partial charge in [-0.1, -0.05) is 45.7 Å². The SMILES string of the molecule is CN(C)S(=O)(=O)c1c(Cl)ccc(N(CCCc2ccccc2Br)C(=N)N)c1O. The third-order valence-electron chi connectivity index (χ3n) is 4.17. The van der Waals surface area contributed by atoms with E-state index in [-0.39, 0.29) is 16.7 Å². The van der Waals surface area contributed by atoms with Gasteiger partial charge in [-0.05, 0) is 36.6 Å². The molecule has 7 nitrogen and oxygen atoms in total. The lowest BCUT2D eigenvalue weighted by molar-refractivity contribution is 0.453. The first-order chi connectivity index (χ1) is 13.1. The molecule has 2 aromatic carbocycles. The number of phenolic OH excluding ortho intramolecular Hbond substituents is 1. The molecule has 2 aromatic rings. The number of nitrogens with two attached hydrogens (primary N) is 1. The van der Waals surface area contributed by atoms with E-state index in [0.717, 1.165) is 14.3 Å². The van der Waals surface area contributed by atoms with Crippen LogP contribution >= 0.6 is 27.5 Å². The molecular formula is C18H22BrClN4O3S. The van der Waals surface area contributed by atoms with Crippen molar-refractivity contribution in [2.75, 3.05) is 25.5 Å². The molecule has 0 aromatic heterocycles. The van der Waals surface area contributed by atoms with Gasteiger partial charge in [-0.3, -0.25) is 5.41 Å². The predicted octanol–water partition coefficient (Wildman–Crippen LogP) is 3.39. The van der Waals surface area contributed by atoms with Crippen LogP contribution in [0.3, 0.4) is 0 Å². The molecule has 0 bridgehead atoms. The molecule has 0 radical (unpaired) electrons. The molecule has 2 rings (SSSR count). The van der Waals surface area contributed by atoms with Gasteiger partial charge in [0.2, 0.25) is 10.0 Å². The topological polar surface area (TPSA) is 111 Å². The molecule has 10 heteroatoms. The molecule has 0 fully saturated rings. The number of hydrogen-bond donors (Lipinski definition) is 3. The molecule has 0 aliphatic heterocycles. The van der Waals surface area contributed by atoms with Crippen molar-refractivity contribution in [2.45, 2.75) is 17.7 Å². The van der Waals surface area contributed by atoms with Crippen LogP contribution in [0.4, 0.5) is 5.69 Å². The highest BCUT2D eigenvalue weighted by molar-refractivity contribution is 9.10. The van der Waals surface area contributed by atoms with E-state index in [9.17, 15) is 13.5 Å². The molecule has 0 aliphatic carbocycles. The lowest BCUT2D eigenvalue weighted by Gasteiger charge is -2.25. The molecular weight excluding hydrogens is 468 g/mol. The van der Waals surface area contributed by atoms with Crippen LogP contribution in [0.1, 0.15) is 12.0 Å². The minimum absolute atomic E-state index is 0.105. The van der Waals surface area contributed by atoms with E-state index in [0.29, 0.717) is 19.4 Å². The fourth-order valence-corrected chi connectivity index (χ4v) is 4.64. The molecule has 0 spiro atoms. The Kier molecular flexibility index (Phi) is 7.33. The first-order valence-corrected chi connectivity index (χ1v) is 11.0. The Hall–Kier alpha value is -1.81. The van der Waals surface area contributed by atoms with Gasteiger partial charge in [0.15, 0.2) is 11.7 Å². The van der Waals surface area contributed by atoms with Gasteiger partial charge in [-0.2, -0.15) is 0 Å². The number of nitrogens with one attached hydrogen (secondary N) is 1. The average Bonchev–Trinajstić information content (AvgIpc) is 2.60. The molecule has 4 N–H and O–H groups in total. The minimum atomic E-state index is -3.98. The second-order valence-electron chi connectivity index (χ2n) is 6.26. The van der Waals surface area contributed by atoms with Crippen LogP contribution < -0.4 is 10.6 Å². The van der Waals surface area contributed by atoms with Crippen molar-refractivity contribution in [2.24, 2.45) is 5.73 Å². The summed E-state index contributed by atoms with van der Waals surface area (Å²) in [5.74, 6) is -0.838. The Balaban J connectivity index is 2.34. The minimum Gasteiger partial charge on any atom is -0.504 e. The largest absolute Gasteiger partial charge is 0.504 e. The molecule has 0 saturated carbocycles. The van der Waals surface area contributed by atoms with Gasteiger partial charge < -0.3 is 15.7 Å². The van der Waals surface area contributed by atoms with Gasteiger partial charge in [0, 0.05) is 25.1 Å². The summed E-state index contributed by atoms with van der Waals surface area (Å²) < 4.78 is 27.0. The van der Waals surface area contributed by atoms with Crippen LogP contribution in [0, 0.1) is 5.41 Å². The molecule has 0 amide bonds. The van der Waals surface area contributed by atoms with E-state index in [2.05, 4.69) is 15.9 Å². The van der Waals surface area contributed by atoms with E-state index < -0.39 is 20.7 Å². The fraction of sp³-hybridized carbons (Fsp3) is 0.278. The van der Waals surface area contributed by atoms with E-state index in [4.69, 9.17) is 22.7 Å². The van der Waals surface area contributed by atoms with Crippen molar-refractivity contribution in [1.29, 1.82) is 5.41 Å². The number of aromatic hydroxyl groups is 1. The number of benzene rings is 2. The van der Waals surface area contributed by atoms with Crippen molar-refractivity contribution in [3.63, 3.8) is 0 Å². The Morgan fingerprint density at radius 1 is 1.25 bits per heavy atom. The summed E-state index contributed by atoms with van der Waals surface area (Å²) in [5.41, 5.74) is 6.91. The summed E-state index contributed by atoms with van der Waals surface area (Å²) in [7, 11) is -1.29. The Labute approximate surface area is 178 Å². The summed E-state index contributed by atoms with van der Waals surface area (Å²) in [6.07, 6.45) is 1.34. The van der Waals surface area contributed by atoms with Crippen molar-refractivity contribution in [3.05, 3.63) is 51.5 Å². The summed E-state index contributed by atoms with van der Waals surface area (Å²) in [6.45, 7) is 0.313. The highest BCUT2D eigenvalue weighted by Gasteiger charge is 2.28. The average molecular weight is 490 g/mol. The van der Waals surface area contributed by atoms with Crippen molar-refractivity contribution in [3.8, 4) is 5.75 Å². The van der Waals surface area contributed by atoms with Gasteiger partial charge in [0.05, 0.1) is 10.7 Å². The maximum atomic E-state index is 12.5. The standard InChI is InChI=1S/C18H22BrClN4O3S/c1-23(2)28(26,27)17-14(20)9-10-15(16(17)25)24(18(21)22)11-5-7-12-6-3-4-8-13(12)19/h3-4,6,8-10,25H,5,7,11H2,1-2H3,(H3,21,22). The molecule has 0 saturated heterocycles. The number of halogens is 2. The van der Waals surface area contributed by atoms with Crippen LogP contribution in [0.15, 0.2) is 45.8 Å². The second-order valence-corrected chi connectivity index (χ2v) is 9.61. The van der Waals surface area contributed by atoms with Gasteiger partial charge in [0.25, 0.3) is 0 Å². The second kappa shape index (κ2) is 9.13. The van der Waals surface area contributed by atoms with Crippen LogP contribution in [-0.2, 0) is 16.4 Å². The number of hydrogen-bond acceptors (Lipinski definition) is 4. The number of rotatable bonds is 7. The number of anilines is 1. The summed E-state index contributed by atoms with van der Waals surface area (Å²) in [6, 6.07) is 10.6. The van der Waals surface area contributed by atoms with Crippen LogP contribution in [0.25, 0.3) is 0 Å². The van der Waals surface area contributed by atoms with Gasteiger partial charge in [-0.15, -0.1) is 0 Å². The number of aryl methyl sites for hydroxylation is 1. The Morgan fingerprint density at radius 2 is 1.89 bits per heavy atom. The summed E-state index contributed by atoms with van der Waals surface area (Å²) in [5, 5.41) is 18.4. The Bertz CT molecular complexity index is 983. The highest BCUT2D eigenvalue weighted by atomic mass is 79.9. The Morgan fingerprint density at radius 3 is 2.46 bits per heavy atom. The predicted molar refractivity (Wildman–Crippen MR) is 116 cm³/mol. The third-order valence-corrected chi connectivity index (χ3v) is 7.26. The van der Waals surface area contributed by atoms with Crippen molar-refractivity contribution >= 4 is 49.2 Å². The monoisotopic (exact) mass is 488 g/mol.